The first-order chi connectivity index (χ1) is 9.09. The number of piperazine rings is 1. The van der Waals surface area contributed by atoms with Gasteiger partial charge in [0.15, 0.2) is 0 Å². The fourth-order valence-electron chi connectivity index (χ4n) is 2.33. The van der Waals surface area contributed by atoms with Gasteiger partial charge in [0.1, 0.15) is 0 Å². The molecule has 1 heterocycles. The predicted molar refractivity (Wildman–Crippen MR) is 83.8 cm³/mol. The van der Waals surface area contributed by atoms with Crippen LogP contribution in [-0.2, 0) is 4.74 Å². The Hall–Kier alpha value is -0.160. The molecule has 0 aromatic heterocycles. The van der Waals surface area contributed by atoms with Crippen molar-refractivity contribution in [3.05, 3.63) is 0 Å². The zero-order chi connectivity index (χ0) is 14.1. The summed E-state index contributed by atoms with van der Waals surface area (Å²) in [7, 11) is 0. The molecule has 0 spiro atoms. The van der Waals surface area contributed by atoms with E-state index in [4.69, 9.17) is 4.74 Å². The van der Waals surface area contributed by atoms with E-state index in [1.54, 1.807) is 0 Å². The Balaban J connectivity index is 0.00000361. The van der Waals surface area contributed by atoms with Gasteiger partial charge in [0.2, 0.25) is 0 Å². The summed E-state index contributed by atoms with van der Waals surface area (Å²) < 4.78 is 5.67. The smallest absolute Gasteiger partial charge is 0.0594 e. The SMILES string of the molecule is CC(C)CNCCOCCN1CCN(C(C)C)CC1.[HH]. The molecule has 0 aromatic rings. The molecule has 1 aliphatic heterocycles. The van der Waals surface area contributed by atoms with Gasteiger partial charge in [-0.2, -0.15) is 0 Å². The highest BCUT2D eigenvalue weighted by molar-refractivity contribution is 4.73. The molecule has 1 N–H and O–H groups in total. The second-order valence-electron chi connectivity index (χ2n) is 6.18. The molecular formula is C15H35N3O. The molecule has 19 heavy (non-hydrogen) atoms. The monoisotopic (exact) mass is 273 g/mol. The summed E-state index contributed by atoms with van der Waals surface area (Å²) in [6.07, 6.45) is 0. The van der Waals surface area contributed by atoms with E-state index in [9.17, 15) is 0 Å². The summed E-state index contributed by atoms with van der Waals surface area (Å²) in [6.45, 7) is 18.6. The minimum absolute atomic E-state index is 0. The quantitative estimate of drug-likeness (QED) is 0.645. The molecule has 4 nitrogen and oxygen atoms in total. The largest absolute Gasteiger partial charge is 0.379 e. The van der Waals surface area contributed by atoms with Crippen molar-refractivity contribution in [1.82, 2.24) is 15.1 Å². The van der Waals surface area contributed by atoms with Gasteiger partial charge in [-0.25, -0.2) is 0 Å². The minimum atomic E-state index is 0. The average Bonchev–Trinajstić information content (AvgIpc) is 2.38. The third kappa shape index (κ3) is 7.88. The molecule has 1 fully saturated rings. The highest BCUT2D eigenvalue weighted by Crippen LogP contribution is 2.05. The van der Waals surface area contributed by atoms with E-state index in [2.05, 4.69) is 42.8 Å². The van der Waals surface area contributed by atoms with Crippen molar-refractivity contribution in [2.24, 2.45) is 5.92 Å². The van der Waals surface area contributed by atoms with Gasteiger partial charge in [-0.3, -0.25) is 9.80 Å². The Labute approximate surface area is 121 Å². The first-order valence-electron chi connectivity index (χ1n) is 7.84. The van der Waals surface area contributed by atoms with Gasteiger partial charge >= 0.3 is 0 Å². The molecule has 1 aliphatic rings. The van der Waals surface area contributed by atoms with Gasteiger partial charge < -0.3 is 10.1 Å². The molecule has 0 aromatic carbocycles. The Morgan fingerprint density at radius 2 is 1.74 bits per heavy atom. The van der Waals surface area contributed by atoms with Gasteiger partial charge in [-0.15, -0.1) is 0 Å². The molecule has 0 radical (unpaired) electrons. The van der Waals surface area contributed by atoms with Gasteiger partial charge in [-0.05, 0) is 26.3 Å². The molecular weight excluding hydrogens is 238 g/mol. The lowest BCUT2D eigenvalue weighted by molar-refractivity contribution is 0.0673. The van der Waals surface area contributed by atoms with Crippen molar-refractivity contribution in [3.63, 3.8) is 0 Å². The van der Waals surface area contributed by atoms with Crippen LogP contribution in [0.25, 0.3) is 0 Å². The van der Waals surface area contributed by atoms with E-state index in [1.807, 2.05) is 0 Å². The first-order valence-corrected chi connectivity index (χ1v) is 7.84. The molecule has 4 heteroatoms. The Morgan fingerprint density at radius 1 is 1.05 bits per heavy atom. The van der Waals surface area contributed by atoms with Crippen LogP contribution in [0.5, 0.6) is 0 Å². The van der Waals surface area contributed by atoms with Crippen molar-refractivity contribution in [2.75, 3.05) is 59.0 Å². The lowest BCUT2D eigenvalue weighted by Gasteiger charge is -2.36. The van der Waals surface area contributed by atoms with E-state index < -0.39 is 0 Å². The summed E-state index contributed by atoms with van der Waals surface area (Å²) in [5.74, 6) is 0.720. The number of nitrogens with zero attached hydrogens (tertiary/aromatic N) is 2. The predicted octanol–water partition coefficient (Wildman–Crippen LogP) is 1.52. The maximum Gasteiger partial charge on any atom is 0.0594 e. The lowest BCUT2D eigenvalue weighted by atomic mass is 10.2. The van der Waals surface area contributed by atoms with Crippen LogP contribution in [-0.4, -0.2) is 74.9 Å². The maximum atomic E-state index is 5.67. The summed E-state index contributed by atoms with van der Waals surface area (Å²) in [4.78, 5) is 5.06. The van der Waals surface area contributed by atoms with Gasteiger partial charge in [0.25, 0.3) is 0 Å². The molecule has 0 unspecified atom stereocenters. The molecule has 0 atom stereocenters. The molecule has 1 saturated heterocycles. The molecule has 116 valence electrons. The van der Waals surface area contributed by atoms with Gasteiger partial charge in [-0.1, -0.05) is 13.8 Å². The fraction of sp³-hybridized carbons (Fsp3) is 1.00. The second-order valence-corrected chi connectivity index (χ2v) is 6.18. The number of ether oxygens (including phenoxy) is 1. The lowest BCUT2D eigenvalue weighted by Crippen LogP contribution is -2.49. The number of hydrogen-bond acceptors (Lipinski definition) is 4. The van der Waals surface area contributed by atoms with Crippen molar-refractivity contribution >= 4 is 0 Å². The van der Waals surface area contributed by atoms with Crippen LogP contribution in [0.1, 0.15) is 29.1 Å². The van der Waals surface area contributed by atoms with Crippen molar-refractivity contribution in [1.29, 1.82) is 0 Å². The Morgan fingerprint density at radius 3 is 2.32 bits per heavy atom. The molecule has 1 rings (SSSR count). The standard InChI is InChI=1S/C15H33N3O.H2/c1-14(2)13-16-5-11-19-12-10-17-6-8-18(9-7-17)15(3)4;/h14-16H,5-13H2,1-4H3;1H. The van der Waals surface area contributed by atoms with E-state index in [0.717, 1.165) is 38.8 Å². The maximum absolute atomic E-state index is 5.67. The topological polar surface area (TPSA) is 27.7 Å². The normalized spacial score (nSPS) is 18.6. The van der Waals surface area contributed by atoms with E-state index in [-0.39, 0.29) is 1.43 Å². The second kappa shape index (κ2) is 9.70. The van der Waals surface area contributed by atoms with E-state index in [1.165, 1.54) is 26.2 Å². The van der Waals surface area contributed by atoms with Crippen molar-refractivity contribution < 1.29 is 6.16 Å². The third-order valence-electron chi connectivity index (χ3n) is 3.66. The van der Waals surface area contributed by atoms with E-state index >= 15 is 0 Å². The Bertz CT molecular complexity index is 219. The van der Waals surface area contributed by atoms with Crippen LogP contribution in [0, 0.1) is 5.92 Å². The van der Waals surface area contributed by atoms with Crippen molar-refractivity contribution in [3.8, 4) is 0 Å². The van der Waals surface area contributed by atoms with Crippen LogP contribution in [0.3, 0.4) is 0 Å². The molecule has 0 aliphatic carbocycles. The molecule has 0 amide bonds. The van der Waals surface area contributed by atoms with Gasteiger partial charge in [0.05, 0.1) is 13.2 Å². The van der Waals surface area contributed by atoms with E-state index in [0.29, 0.717) is 6.04 Å². The highest BCUT2D eigenvalue weighted by atomic mass is 16.5. The number of rotatable bonds is 9. The van der Waals surface area contributed by atoms with Gasteiger partial charge in [0, 0.05) is 46.7 Å². The summed E-state index contributed by atoms with van der Waals surface area (Å²) in [5, 5.41) is 3.40. The molecule has 0 bridgehead atoms. The third-order valence-corrected chi connectivity index (χ3v) is 3.66. The fourth-order valence-corrected chi connectivity index (χ4v) is 2.33. The number of hydrogen-bond donors (Lipinski definition) is 1. The van der Waals surface area contributed by atoms with Crippen LogP contribution >= 0.6 is 0 Å². The zero-order valence-electron chi connectivity index (χ0n) is 13.3. The average molecular weight is 273 g/mol. The minimum Gasteiger partial charge on any atom is -0.379 e. The van der Waals surface area contributed by atoms with Crippen LogP contribution in [0.4, 0.5) is 0 Å². The Kier molecular flexibility index (Phi) is 8.62. The number of nitrogens with one attached hydrogen (secondary N) is 1. The van der Waals surface area contributed by atoms with Crippen molar-refractivity contribution in [2.45, 2.75) is 33.7 Å². The van der Waals surface area contributed by atoms with Crippen LogP contribution in [0.2, 0.25) is 0 Å². The summed E-state index contributed by atoms with van der Waals surface area (Å²) in [6, 6.07) is 0.686. The van der Waals surface area contributed by atoms with Crippen LogP contribution in [0.15, 0.2) is 0 Å². The summed E-state index contributed by atoms with van der Waals surface area (Å²) in [5.41, 5.74) is 0. The first kappa shape index (κ1) is 16.9. The summed E-state index contributed by atoms with van der Waals surface area (Å²) >= 11 is 0. The zero-order valence-corrected chi connectivity index (χ0v) is 13.3. The molecule has 0 saturated carbocycles. The van der Waals surface area contributed by atoms with Crippen LogP contribution < -0.4 is 5.32 Å². The highest BCUT2D eigenvalue weighted by Gasteiger charge is 2.17.